The first-order valence-corrected chi connectivity index (χ1v) is 6.26. The van der Waals surface area contributed by atoms with E-state index in [9.17, 15) is 4.79 Å². The molecule has 1 N–H and O–H groups in total. The van der Waals surface area contributed by atoms with Crippen LogP contribution in [0.5, 0.6) is 0 Å². The van der Waals surface area contributed by atoms with Crippen LogP contribution in [-0.2, 0) is 0 Å². The van der Waals surface area contributed by atoms with E-state index in [-0.39, 0.29) is 11.8 Å². The number of nitrogens with one attached hydrogen (secondary N) is 1. The van der Waals surface area contributed by atoms with Crippen molar-refractivity contribution in [3.05, 3.63) is 47.3 Å². The van der Waals surface area contributed by atoms with E-state index in [4.69, 9.17) is 8.94 Å². The van der Waals surface area contributed by atoms with E-state index >= 15 is 0 Å². The Morgan fingerprint density at radius 1 is 1.14 bits per heavy atom. The summed E-state index contributed by atoms with van der Waals surface area (Å²) in [7, 11) is 0. The molecule has 0 aliphatic rings. The first-order valence-electron chi connectivity index (χ1n) is 6.26. The van der Waals surface area contributed by atoms with Crippen molar-refractivity contribution in [2.45, 2.75) is 13.8 Å². The van der Waals surface area contributed by atoms with Crippen molar-refractivity contribution in [3.8, 4) is 11.5 Å². The number of carbonyl (C=O) groups is 1. The standard InChI is InChI=1S/C14H12N4O3/c1-8-3-4-10(7-9(8)2)13-17-18-14(20-13)16-12(19)11-5-6-15-21-11/h3-7H,1-2H3,(H,16,18,19). The van der Waals surface area contributed by atoms with Gasteiger partial charge in [0.2, 0.25) is 11.7 Å². The number of amides is 1. The lowest BCUT2D eigenvalue weighted by Gasteiger charge is -2.00. The Hall–Kier alpha value is -2.96. The number of hydrogen-bond donors (Lipinski definition) is 1. The maximum absolute atomic E-state index is 11.7. The monoisotopic (exact) mass is 284 g/mol. The average Bonchev–Trinajstić information content (AvgIpc) is 3.12. The Bertz CT molecular complexity index is 777. The predicted molar refractivity (Wildman–Crippen MR) is 73.7 cm³/mol. The highest BCUT2D eigenvalue weighted by Gasteiger charge is 2.15. The van der Waals surface area contributed by atoms with E-state index in [2.05, 4.69) is 20.7 Å². The number of hydrogen-bond acceptors (Lipinski definition) is 6. The lowest BCUT2D eigenvalue weighted by molar-refractivity contribution is 0.0985. The highest BCUT2D eigenvalue weighted by Crippen LogP contribution is 2.22. The molecule has 2 heterocycles. The summed E-state index contributed by atoms with van der Waals surface area (Å²) in [5.74, 6) is -0.0883. The normalized spacial score (nSPS) is 10.6. The molecular formula is C14H12N4O3. The molecule has 0 saturated heterocycles. The van der Waals surface area contributed by atoms with Gasteiger partial charge in [-0.15, -0.1) is 5.10 Å². The van der Waals surface area contributed by atoms with E-state index in [1.807, 2.05) is 32.0 Å². The Morgan fingerprint density at radius 3 is 2.71 bits per heavy atom. The van der Waals surface area contributed by atoms with Crippen molar-refractivity contribution >= 4 is 11.9 Å². The zero-order chi connectivity index (χ0) is 14.8. The molecule has 0 aliphatic carbocycles. The molecule has 0 unspecified atom stereocenters. The van der Waals surface area contributed by atoms with E-state index in [1.165, 1.54) is 17.8 Å². The number of nitrogens with zero attached hydrogens (tertiary/aromatic N) is 3. The molecule has 3 rings (SSSR count). The summed E-state index contributed by atoms with van der Waals surface area (Å²) in [4.78, 5) is 11.7. The minimum Gasteiger partial charge on any atom is -0.403 e. The van der Waals surface area contributed by atoms with Gasteiger partial charge in [0.1, 0.15) is 0 Å². The zero-order valence-electron chi connectivity index (χ0n) is 11.5. The molecule has 0 atom stereocenters. The fourth-order valence-corrected chi connectivity index (χ4v) is 1.76. The van der Waals surface area contributed by atoms with Crippen LogP contribution in [0.2, 0.25) is 0 Å². The van der Waals surface area contributed by atoms with Gasteiger partial charge in [0.05, 0.1) is 6.20 Å². The molecule has 0 saturated carbocycles. The molecule has 1 aromatic carbocycles. The molecule has 0 aliphatic heterocycles. The van der Waals surface area contributed by atoms with E-state index < -0.39 is 5.91 Å². The van der Waals surface area contributed by atoms with Gasteiger partial charge in [-0.25, -0.2) is 0 Å². The average molecular weight is 284 g/mol. The minimum atomic E-state index is -0.497. The summed E-state index contributed by atoms with van der Waals surface area (Å²) in [6.45, 7) is 4.03. The second kappa shape index (κ2) is 5.20. The topological polar surface area (TPSA) is 94.1 Å². The van der Waals surface area contributed by atoms with E-state index in [0.29, 0.717) is 5.89 Å². The summed E-state index contributed by atoms with van der Waals surface area (Å²) in [5, 5.41) is 13.6. The van der Waals surface area contributed by atoms with Gasteiger partial charge in [-0.3, -0.25) is 10.1 Å². The highest BCUT2D eigenvalue weighted by molar-refractivity contribution is 6.00. The summed E-state index contributed by atoms with van der Waals surface area (Å²) >= 11 is 0. The van der Waals surface area contributed by atoms with Crippen molar-refractivity contribution in [2.24, 2.45) is 0 Å². The van der Waals surface area contributed by atoms with Crippen LogP contribution in [0, 0.1) is 13.8 Å². The molecule has 0 bridgehead atoms. The van der Waals surface area contributed by atoms with Gasteiger partial charge in [-0.1, -0.05) is 16.3 Å². The van der Waals surface area contributed by atoms with Gasteiger partial charge < -0.3 is 8.94 Å². The third-order valence-electron chi connectivity index (χ3n) is 3.06. The molecule has 7 nitrogen and oxygen atoms in total. The molecule has 7 heteroatoms. The van der Waals surface area contributed by atoms with E-state index in [1.54, 1.807) is 0 Å². The van der Waals surface area contributed by atoms with Crippen LogP contribution in [0.25, 0.3) is 11.5 Å². The number of aryl methyl sites for hydroxylation is 2. The summed E-state index contributed by atoms with van der Waals surface area (Å²) in [5.41, 5.74) is 3.10. The molecule has 0 fully saturated rings. The van der Waals surface area contributed by atoms with Crippen molar-refractivity contribution in [3.63, 3.8) is 0 Å². The largest absolute Gasteiger partial charge is 0.403 e. The smallest absolute Gasteiger partial charge is 0.322 e. The lowest BCUT2D eigenvalue weighted by Crippen LogP contribution is -2.11. The summed E-state index contributed by atoms with van der Waals surface area (Å²) in [6, 6.07) is 7.25. The van der Waals surface area contributed by atoms with Crippen LogP contribution in [0.15, 0.2) is 39.4 Å². The predicted octanol–water partition coefficient (Wildman–Crippen LogP) is 2.59. The molecule has 2 aromatic heterocycles. The number of rotatable bonds is 3. The lowest BCUT2D eigenvalue weighted by atomic mass is 10.1. The van der Waals surface area contributed by atoms with Gasteiger partial charge in [-0.05, 0) is 37.1 Å². The zero-order valence-corrected chi connectivity index (χ0v) is 11.5. The maximum Gasteiger partial charge on any atom is 0.322 e. The Balaban J connectivity index is 1.80. The molecule has 0 radical (unpaired) electrons. The number of aromatic nitrogens is 3. The minimum absolute atomic E-state index is 0.00429. The quantitative estimate of drug-likeness (QED) is 0.794. The van der Waals surface area contributed by atoms with Crippen LogP contribution in [-0.4, -0.2) is 21.3 Å². The van der Waals surface area contributed by atoms with Crippen LogP contribution >= 0.6 is 0 Å². The number of benzene rings is 1. The third kappa shape index (κ3) is 2.66. The summed E-state index contributed by atoms with van der Waals surface area (Å²) < 4.78 is 10.2. The van der Waals surface area contributed by atoms with E-state index in [0.717, 1.165) is 11.1 Å². The van der Waals surface area contributed by atoms with Crippen molar-refractivity contribution in [2.75, 3.05) is 5.32 Å². The Labute approximate surface area is 120 Å². The highest BCUT2D eigenvalue weighted by atomic mass is 16.5. The Kier molecular flexibility index (Phi) is 3.23. The van der Waals surface area contributed by atoms with Crippen LogP contribution in [0.4, 0.5) is 6.01 Å². The molecule has 3 aromatic rings. The van der Waals surface area contributed by atoms with Crippen LogP contribution < -0.4 is 5.32 Å². The van der Waals surface area contributed by atoms with Gasteiger partial charge in [0, 0.05) is 11.6 Å². The van der Waals surface area contributed by atoms with Gasteiger partial charge >= 0.3 is 6.01 Å². The fraction of sp³-hybridized carbons (Fsp3) is 0.143. The van der Waals surface area contributed by atoms with Crippen molar-refractivity contribution in [1.82, 2.24) is 15.4 Å². The van der Waals surface area contributed by atoms with Crippen LogP contribution in [0.3, 0.4) is 0 Å². The molecule has 1 amide bonds. The van der Waals surface area contributed by atoms with Crippen LogP contribution in [0.1, 0.15) is 21.7 Å². The number of anilines is 1. The second-order valence-corrected chi connectivity index (χ2v) is 4.54. The third-order valence-corrected chi connectivity index (χ3v) is 3.06. The SMILES string of the molecule is Cc1ccc(-c2nnc(NC(=O)c3ccno3)o2)cc1C. The van der Waals surface area contributed by atoms with Gasteiger partial charge in [-0.2, -0.15) is 0 Å². The molecular weight excluding hydrogens is 272 g/mol. The molecule has 106 valence electrons. The second-order valence-electron chi connectivity index (χ2n) is 4.54. The molecule has 0 spiro atoms. The number of carbonyl (C=O) groups excluding carboxylic acids is 1. The first-order chi connectivity index (χ1) is 10.1. The summed E-state index contributed by atoms with van der Waals surface area (Å²) in [6.07, 6.45) is 1.38. The van der Waals surface area contributed by atoms with Gasteiger partial charge in [0.25, 0.3) is 5.91 Å². The fourth-order valence-electron chi connectivity index (χ4n) is 1.76. The maximum atomic E-state index is 11.7. The van der Waals surface area contributed by atoms with Crippen molar-refractivity contribution < 1.29 is 13.7 Å². The van der Waals surface area contributed by atoms with Crippen molar-refractivity contribution in [1.29, 1.82) is 0 Å². The molecule has 21 heavy (non-hydrogen) atoms. The first kappa shape index (κ1) is 13.0. The Morgan fingerprint density at radius 2 is 2.00 bits per heavy atom. The van der Waals surface area contributed by atoms with Gasteiger partial charge in [0.15, 0.2) is 0 Å².